The van der Waals surface area contributed by atoms with Crippen LogP contribution in [0.1, 0.15) is 50.5 Å². The molecule has 1 atom stereocenters. The number of esters is 1. The van der Waals surface area contributed by atoms with Gasteiger partial charge in [-0.05, 0) is 56.9 Å². The zero-order valence-corrected chi connectivity index (χ0v) is 22.5. The molecule has 3 aromatic rings. The molecule has 8 nitrogen and oxygen atoms in total. The Kier molecular flexibility index (Phi) is 7.06. The number of piperidine rings is 1. The van der Waals surface area contributed by atoms with Crippen LogP contribution in [0.3, 0.4) is 0 Å². The smallest absolute Gasteiger partial charge is 0.338 e. The van der Waals surface area contributed by atoms with E-state index in [2.05, 4.69) is 9.89 Å². The first-order chi connectivity index (χ1) is 17.9. The molecule has 0 saturated carbocycles. The third kappa shape index (κ3) is 4.87. The van der Waals surface area contributed by atoms with Crippen molar-refractivity contribution in [3.05, 3.63) is 78.7 Å². The van der Waals surface area contributed by atoms with Gasteiger partial charge in [0, 0.05) is 45.0 Å². The second-order valence-corrected chi connectivity index (χ2v) is 10.5. The van der Waals surface area contributed by atoms with Crippen LogP contribution < -0.4 is 24.7 Å². The Morgan fingerprint density at radius 1 is 1.16 bits per heavy atom. The minimum absolute atomic E-state index is 0.212. The summed E-state index contributed by atoms with van der Waals surface area (Å²) in [5.74, 6) is 0.994. The lowest BCUT2D eigenvalue weighted by Crippen LogP contribution is -2.39. The van der Waals surface area contributed by atoms with Crippen molar-refractivity contribution < 1.29 is 13.9 Å². The number of benzene rings is 1. The maximum absolute atomic E-state index is 13.8. The van der Waals surface area contributed by atoms with Gasteiger partial charge in [0.25, 0.3) is 5.56 Å². The van der Waals surface area contributed by atoms with Crippen LogP contribution in [0.4, 0.5) is 11.6 Å². The Morgan fingerprint density at radius 3 is 2.57 bits per heavy atom. The van der Waals surface area contributed by atoms with E-state index in [1.54, 1.807) is 24.5 Å². The van der Waals surface area contributed by atoms with Gasteiger partial charge in [-0.1, -0.05) is 23.5 Å². The number of fused-ring (bicyclic) bond motifs is 1. The number of anilines is 2. The maximum Gasteiger partial charge on any atom is 0.338 e. The summed E-state index contributed by atoms with van der Waals surface area (Å²) in [5, 5.41) is 0. The molecule has 5 rings (SSSR count). The molecule has 194 valence electrons. The Balaban J connectivity index is 1.60. The maximum atomic E-state index is 13.8. The van der Waals surface area contributed by atoms with Gasteiger partial charge in [-0.15, -0.1) is 0 Å². The lowest BCUT2D eigenvalue weighted by Gasteiger charge is -2.25. The highest BCUT2D eigenvalue weighted by Gasteiger charge is 2.33. The Hall–Kier alpha value is -3.59. The number of nitrogens with zero attached hydrogens (tertiary/aromatic N) is 4. The third-order valence-electron chi connectivity index (χ3n) is 6.80. The largest absolute Gasteiger partial charge is 0.463 e. The van der Waals surface area contributed by atoms with Gasteiger partial charge in [0.1, 0.15) is 5.76 Å². The summed E-state index contributed by atoms with van der Waals surface area (Å²) in [6, 6.07) is 11.1. The Bertz CT molecular complexity index is 1500. The molecule has 37 heavy (non-hydrogen) atoms. The van der Waals surface area contributed by atoms with Crippen LogP contribution in [0.5, 0.6) is 0 Å². The zero-order valence-electron chi connectivity index (χ0n) is 21.7. The van der Waals surface area contributed by atoms with Gasteiger partial charge in [-0.25, -0.2) is 9.79 Å². The minimum Gasteiger partial charge on any atom is -0.463 e. The normalized spacial score (nSPS) is 18.0. The van der Waals surface area contributed by atoms with Gasteiger partial charge < -0.3 is 19.0 Å². The molecule has 0 amide bonds. The molecule has 0 bridgehead atoms. The summed E-state index contributed by atoms with van der Waals surface area (Å²) < 4.78 is 13.6. The number of furan rings is 1. The molecule has 9 heteroatoms. The topological polar surface area (TPSA) is 80.3 Å². The van der Waals surface area contributed by atoms with Gasteiger partial charge in [0.05, 0.1) is 28.5 Å². The van der Waals surface area contributed by atoms with E-state index >= 15 is 0 Å². The second-order valence-electron chi connectivity index (χ2n) is 9.51. The van der Waals surface area contributed by atoms with Crippen molar-refractivity contribution in [2.45, 2.75) is 39.2 Å². The van der Waals surface area contributed by atoms with E-state index in [-0.39, 0.29) is 12.2 Å². The number of carbonyl (C=O) groups is 1. The molecule has 2 aliphatic rings. The van der Waals surface area contributed by atoms with Gasteiger partial charge in [0.15, 0.2) is 10.7 Å². The van der Waals surface area contributed by atoms with E-state index in [0.29, 0.717) is 26.4 Å². The molecular weight excluding hydrogens is 488 g/mol. The fourth-order valence-electron chi connectivity index (χ4n) is 4.89. The van der Waals surface area contributed by atoms with E-state index in [1.165, 1.54) is 17.8 Å². The van der Waals surface area contributed by atoms with Crippen LogP contribution in [-0.2, 0) is 9.53 Å². The van der Waals surface area contributed by atoms with Gasteiger partial charge in [-0.3, -0.25) is 9.36 Å². The Labute approximate surface area is 219 Å². The number of hydrogen-bond donors (Lipinski definition) is 0. The minimum atomic E-state index is -0.630. The third-order valence-corrected chi connectivity index (χ3v) is 7.78. The van der Waals surface area contributed by atoms with Crippen molar-refractivity contribution in [2.75, 3.05) is 43.6 Å². The van der Waals surface area contributed by atoms with Gasteiger partial charge in [0.2, 0.25) is 0 Å². The number of hydrogen-bond acceptors (Lipinski definition) is 8. The van der Waals surface area contributed by atoms with Crippen molar-refractivity contribution in [2.24, 2.45) is 4.99 Å². The van der Waals surface area contributed by atoms with Crippen LogP contribution >= 0.6 is 11.3 Å². The van der Waals surface area contributed by atoms with E-state index in [1.807, 2.05) is 55.4 Å². The van der Waals surface area contributed by atoms with Gasteiger partial charge >= 0.3 is 5.97 Å². The SMILES string of the molecule is CCOC(=O)C1=C(C)N=c2s/c(=C/c3ccc(N4CCCCC4)o3)c(=O)n2C1c1ccc(N(C)C)cc1. The summed E-state index contributed by atoms with van der Waals surface area (Å²) in [7, 11) is 3.94. The number of carbonyl (C=O) groups excluding carboxylic acids is 1. The highest BCUT2D eigenvalue weighted by molar-refractivity contribution is 7.07. The monoisotopic (exact) mass is 520 g/mol. The average molecular weight is 521 g/mol. The lowest BCUT2D eigenvalue weighted by atomic mass is 9.95. The van der Waals surface area contributed by atoms with Crippen molar-refractivity contribution >= 4 is 35.0 Å². The molecule has 0 radical (unpaired) electrons. The number of aromatic nitrogens is 1. The van der Waals surface area contributed by atoms with Crippen molar-refractivity contribution in [1.82, 2.24) is 4.57 Å². The highest BCUT2D eigenvalue weighted by Crippen LogP contribution is 2.31. The van der Waals surface area contributed by atoms with E-state index < -0.39 is 12.0 Å². The first-order valence-corrected chi connectivity index (χ1v) is 13.5. The quantitative estimate of drug-likeness (QED) is 0.463. The van der Waals surface area contributed by atoms with Crippen LogP contribution in [0.25, 0.3) is 6.08 Å². The molecule has 1 saturated heterocycles. The molecule has 1 unspecified atom stereocenters. The summed E-state index contributed by atoms with van der Waals surface area (Å²) in [6.45, 7) is 5.77. The fraction of sp³-hybridized carbons (Fsp3) is 0.393. The summed E-state index contributed by atoms with van der Waals surface area (Å²) in [6.07, 6.45) is 5.34. The van der Waals surface area contributed by atoms with Gasteiger partial charge in [-0.2, -0.15) is 0 Å². The summed E-state index contributed by atoms with van der Waals surface area (Å²) >= 11 is 1.30. The fourth-order valence-corrected chi connectivity index (χ4v) is 5.92. The first-order valence-electron chi connectivity index (χ1n) is 12.7. The molecule has 2 aliphatic heterocycles. The molecule has 1 aromatic carbocycles. The first kappa shape index (κ1) is 25.1. The molecule has 0 aliphatic carbocycles. The van der Waals surface area contributed by atoms with Crippen LogP contribution in [0.15, 0.2) is 61.9 Å². The molecule has 4 heterocycles. The van der Waals surface area contributed by atoms with Crippen molar-refractivity contribution in [3.63, 3.8) is 0 Å². The average Bonchev–Trinajstić information content (AvgIpc) is 3.48. The predicted molar refractivity (Wildman–Crippen MR) is 146 cm³/mol. The van der Waals surface area contributed by atoms with E-state index in [4.69, 9.17) is 9.15 Å². The molecule has 1 fully saturated rings. The number of ether oxygens (including phenoxy) is 1. The standard InChI is InChI=1S/C28H32N4O4S/c1-5-35-27(34)24-18(2)29-28-32(25(24)19-9-11-20(12-10-19)30(3)4)26(33)22(37-28)17-21-13-14-23(36-21)31-15-7-6-8-16-31/h9-14,17,25H,5-8,15-16H2,1-4H3/b22-17+. The molecule has 0 spiro atoms. The van der Waals surface area contributed by atoms with E-state index in [9.17, 15) is 9.59 Å². The van der Waals surface area contributed by atoms with E-state index in [0.717, 1.165) is 43.1 Å². The molecule has 0 N–H and O–H groups in total. The molecular formula is C28H32N4O4S. The summed E-state index contributed by atoms with van der Waals surface area (Å²) in [5.41, 5.74) is 2.57. The highest BCUT2D eigenvalue weighted by atomic mass is 32.1. The van der Waals surface area contributed by atoms with Crippen LogP contribution in [0.2, 0.25) is 0 Å². The predicted octanol–water partition coefficient (Wildman–Crippen LogP) is 3.45. The second kappa shape index (κ2) is 10.4. The van der Waals surface area contributed by atoms with Crippen molar-refractivity contribution in [1.29, 1.82) is 0 Å². The molecule has 2 aromatic heterocycles. The zero-order chi connectivity index (χ0) is 26.1. The number of thiazole rings is 1. The van der Waals surface area contributed by atoms with Crippen molar-refractivity contribution in [3.8, 4) is 0 Å². The van der Waals surface area contributed by atoms with Crippen LogP contribution in [0, 0.1) is 0 Å². The lowest BCUT2D eigenvalue weighted by molar-refractivity contribution is -0.139. The number of rotatable bonds is 6. The Morgan fingerprint density at radius 2 is 1.89 bits per heavy atom. The van der Waals surface area contributed by atoms with Crippen LogP contribution in [-0.4, -0.2) is 44.3 Å². The summed E-state index contributed by atoms with van der Waals surface area (Å²) in [4.78, 5) is 36.3. The number of allylic oxidation sites excluding steroid dienone is 1.